The predicted molar refractivity (Wildman–Crippen MR) is 129 cm³/mol. The molecule has 4 heterocycles. The summed E-state index contributed by atoms with van der Waals surface area (Å²) in [5, 5.41) is 13.8. The molecule has 0 aliphatic carbocycles. The molecular formula is C26H29N5O3. The monoisotopic (exact) mass is 459 g/mol. The van der Waals surface area contributed by atoms with Crippen molar-refractivity contribution in [3.05, 3.63) is 64.2 Å². The third-order valence-electron chi connectivity index (χ3n) is 6.61. The van der Waals surface area contributed by atoms with Crippen LogP contribution >= 0.6 is 0 Å². The van der Waals surface area contributed by atoms with Crippen molar-refractivity contribution in [2.24, 2.45) is 0 Å². The summed E-state index contributed by atoms with van der Waals surface area (Å²) in [5.41, 5.74) is 2.33. The Balaban J connectivity index is 1.13. The Hall–Kier alpha value is -3.41. The molecule has 2 aromatic heterocycles. The van der Waals surface area contributed by atoms with E-state index < -0.39 is 0 Å². The maximum absolute atomic E-state index is 12.5. The second kappa shape index (κ2) is 10.2. The fraction of sp³-hybridized carbons (Fsp3) is 0.423. The summed E-state index contributed by atoms with van der Waals surface area (Å²) in [4.78, 5) is 19.4. The van der Waals surface area contributed by atoms with Gasteiger partial charge in [0.25, 0.3) is 5.56 Å². The second-order valence-electron chi connectivity index (χ2n) is 8.88. The van der Waals surface area contributed by atoms with E-state index in [1.165, 1.54) is 0 Å². The van der Waals surface area contributed by atoms with Crippen LogP contribution in [0.4, 0.5) is 0 Å². The van der Waals surface area contributed by atoms with Gasteiger partial charge in [0.1, 0.15) is 0 Å². The first-order valence-corrected chi connectivity index (χ1v) is 11.9. The third-order valence-corrected chi connectivity index (χ3v) is 6.61. The lowest BCUT2D eigenvalue weighted by Crippen LogP contribution is -2.43. The minimum Gasteiger partial charge on any atom is -0.489 e. The first-order chi connectivity index (χ1) is 16.7. The van der Waals surface area contributed by atoms with Crippen molar-refractivity contribution in [3.8, 4) is 17.6 Å². The van der Waals surface area contributed by atoms with Crippen LogP contribution in [0.3, 0.4) is 0 Å². The zero-order chi connectivity index (χ0) is 23.3. The number of nitriles is 1. The molecule has 8 heteroatoms. The molecule has 1 aromatic carbocycles. The summed E-state index contributed by atoms with van der Waals surface area (Å²) < 4.78 is 13.2. The van der Waals surface area contributed by atoms with Crippen molar-refractivity contribution in [2.45, 2.75) is 38.4 Å². The molecule has 2 aliphatic heterocycles. The number of rotatable bonds is 6. The molecular weight excluding hydrogens is 430 g/mol. The van der Waals surface area contributed by atoms with E-state index >= 15 is 0 Å². The summed E-state index contributed by atoms with van der Waals surface area (Å²) in [7, 11) is 0. The highest BCUT2D eigenvalue weighted by molar-refractivity contribution is 5.80. The van der Waals surface area contributed by atoms with Gasteiger partial charge in [-0.15, -0.1) is 0 Å². The molecule has 0 saturated carbocycles. The SMILES string of the molecule is N#Cc1ccc2ccc(=O)n(CCN3CCC(NCc4cc5c(cn4)OCCCO5)CC3)c2c1. The molecule has 1 fully saturated rings. The minimum absolute atomic E-state index is 0.0261. The van der Waals surface area contributed by atoms with Crippen LogP contribution in [0.1, 0.15) is 30.5 Å². The molecule has 176 valence electrons. The number of piperidine rings is 1. The van der Waals surface area contributed by atoms with Gasteiger partial charge in [0.2, 0.25) is 0 Å². The van der Waals surface area contributed by atoms with E-state index in [9.17, 15) is 10.1 Å². The average molecular weight is 460 g/mol. The van der Waals surface area contributed by atoms with Crippen molar-refractivity contribution < 1.29 is 9.47 Å². The van der Waals surface area contributed by atoms with Crippen LogP contribution in [0.25, 0.3) is 10.9 Å². The van der Waals surface area contributed by atoms with Crippen molar-refractivity contribution in [1.82, 2.24) is 19.8 Å². The van der Waals surface area contributed by atoms with Crippen LogP contribution in [0, 0.1) is 11.3 Å². The Labute approximate surface area is 198 Å². The number of pyridine rings is 2. The molecule has 34 heavy (non-hydrogen) atoms. The van der Waals surface area contributed by atoms with Crippen LogP contribution in [0.5, 0.6) is 11.5 Å². The molecule has 5 rings (SSSR count). The normalized spacial score (nSPS) is 16.8. The maximum Gasteiger partial charge on any atom is 0.251 e. The Bertz CT molecular complexity index is 1260. The molecule has 0 unspecified atom stereocenters. The van der Waals surface area contributed by atoms with Gasteiger partial charge in [-0.1, -0.05) is 6.07 Å². The maximum atomic E-state index is 12.5. The molecule has 1 saturated heterocycles. The van der Waals surface area contributed by atoms with E-state index in [1.807, 2.05) is 18.2 Å². The number of fused-ring (bicyclic) bond motifs is 2. The van der Waals surface area contributed by atoms with Gasteiger partial charge < -0.3 is 24.3 Å². The molecule has 0 radical (unpaired) electrons. The quantitative estimate of drug-likeness (QED) is 0.606. The summed E-state index contributed by atoms with van der Waals surface area (Å²) in [5.74, 6) is 1.51. The number of hydrogen-bond acceptors (Lipinski definition) is 7. The standard InChI is InChI=1S/C26H29N5O3/c27-16-19-2-3-20-4-5-26(32)31(23(20)14-19)11-10-30-8-6-21(7-9-30)28-17-22-15-24-25(18-29-22)34-13-1-12-33-24/h2-5,14-15,18,21,28H,1,6-13,17H2. The Morgan fingerprint density at radius 2 is 1.85 bits per heavy atom. The number of nitrogens with one attached hydrogen (secondary N) is 1. The second-order valence-corrected chi connectivity index (χ2v) is 8.88. The molecule has 0 spiro atoms. The summed E-state index contributed by atoms with van der Waals surface area (Å²) in [6, 6.07) is 13.5. The average Bonchev–Trinajstić information content (AvgIpc) is 3.12. The van der Waals surface area contributed by atoms with Gasteiger partial charge in [0.05, 0.1) is 42.3 Å². The Kier molecular flexibility index (Phi) is 6.74. The van der Waals surface area contributed by atoms with Gasteiger partial charge in [0, 0.05) is 44.2 Å². The highest BCUT2D eigenvalue weighted by atomic mass is 16.5. The van der Waals surface area contributed by atoms with Crippen LogP contribution in [0.15, 0.2) is 47.4 Å². The van der Waals surface area contributed by atoms with E-state index in [2.05, 4.69) is 21.3 Å². The topological polar surface area (TPSA) is 92.4 Å². The molecule has 1 N–H and O–H groups in total. The van der Waals surface area contributed by atoms with E-state index in [0.717, 1.165) is 67.0 Å². The lowest BCUT2D eigenvalue weighted by molar-refractivity contribution is 0.191. The zero-order valence-electron chi connectivity index (χ0n) is 19.2. The highest BCUT2D eigenvalue weighted by Crippen LogP contribution is 2.29. The molecule has 2 aliphatic rings. The smallest absolute Gasteiger partial charge is 0.251 e. The molecule has 0 atom stereocenters. The third kappa shape index (κ3) is 5.06. The molecule has 3 aromatic rings. The van der Waals surface area contributed by atoms with Gasteiger partial charge in [-0.25, -0.2) is 0 Å². The van der Waals surface area contributed by atoms with Crippen LogP contribution < -0.4 is 20.3 Å². The fourth-order valence-electron chi connectivity index (χ4n) is 4.65. The van der Waals surface area contributed by atoms with Gasteiger partial charge >= 0.3 is 0 Å². The Morgan fingerprint density at radius 1 is 1.06 bits per heavy atom. The van der Waals surface area contributed by atoms with Crippen LogP contribution in [-0.2, 0) is 13.1 Å². The molecule has 8 nitrogen and oxygen atoms in total. The van der Waals surface area contributed by atoms with E-state index in [4.69, 9.17) is 9.47 Å². The summed E-state index contributed by atoms with van der Waals surface area (Å²) in [6.07, 6.45) is 4.74. The van der Waals surface area contributed by atoms with Gasteiger partial charge in [-0.3, -0.25) is 9.78 Å². The number of benzene rings is 1. The predicted octanol–water partition coefficient (Wildman–Crippen LogP) is 2.68. The van der Waals surface area contributed by atoms with Crippen LogP contribution in [0.2, 0.25) is 0 Å². The van der Waals surface area contributed by atoms with E-state index in [0.29, 0.717) is 37.9 Å². The van der Waals surface area contributed by atoms with Crippen molar-refractivity contribution >= 4 is 10.9 Å². The van der Waals surface area contributed by atoms with E-state index in [-0.39, 0.29) is 5.56 Å². The lowest BCUT2D eigenvalue weighted by atomic mass is 10.0. The van der Waals surface area contributed by atoms with Gasteiger partial charge in [-0.05, 0) is 49.5 Å². The number of nitrogens with zero attached hydrogens (tertiary/aromatic N) is 4. The van der Waals surface area contributed by atoms with Crippen LogP contribution in [-0.4, -0.2) is 53.3 Å². The summed E-state index contributed by atoms with van der Waals surface area (Å²) in [6.45, 7) is 5.43. The zero-order valence-corrected chi connectivity index (χ0v) is 19.2. The Morgan fingerprint density at radius 3 is 2.68 bits per heavy atom. The van der Waals surface area contributed by atoms with Crippen molar-refractivity contribution in [3.63, 3.8) is 0 Å². The first-order valence-electron chi connectivity index (χ1n) is 11.9. The number of hydrogen-bond donors (Lipinski definition) is 1. The van der Waals surface area contributed by atoms with Gasteiger partial charge in [0.15, 0.2) is 11.5 Å². The fourth-order valence-corrected chi connectivity index (χ4v) is 4.65. The first kappa shape index (κ1) is 22.4. The largest absolute Gasteiger partial charge is 0.489 e. The lowest BCUT2D eigenvalue weighted by Gasteiger charge is -2.32. The highest BCUT2D eigenvalue weighted by Gasteiger charge is 2.20. The molecule has 0 amide bonds. The number of ether oxygens (including phenoxy) is 2. The number of aromatic nitrogens is 2. The van der Waals surface area contributed by atoms with Gasteiger partial charge in [-0.2, -0.15) is 5.26 Å². The van der Waals surface area contributed by atoms with E-state index in [1.54, 1.807) is 29.0 Å². The minimum atomic E-state index is -0.0261. The molecule has 0 bridgehead atoms. The van der Waals surface area contributed by atoms with Crippen molar-refractivity contribution in [1.29, 1.82) is 5.26 Å². The summed E-state index contributed by atoms with van der Waals surface area (Å²) >= 11 is 0. The number of likely N-dealkylation sites (tertiary alicyclic amines) is 1. The van der Waals surface area contributed by atoms with Crippen molar-refractivity contribution in [2.75, 3.05) is 32.8 Å².